The molecule has 0 fully saturated rings. The number of H-pyrrole nitrogens is 1. The number of hydrogen-bond donors (Lipinski definition) is 3. The Morgan fingerprint density at radius 1 is 1.15 bits per heavy atom. The number of rotatable bonds is 3. The van der Waals surface area contributed by atoms with Crippen LogP contribution in [0.15, 0.2) is 51.9 Å². The summed E-state index contributed by atoms with van der Waals surface area (Å²) in [6.45, 7) is 0. The Kier molecular flexibility index (Phi) is 4.04. The van der Waals surface area contributed by atoms with E-state index in [1.165, 1.54) is 18.3 Å². The number of nitrogens with one attached hydrogen (secondary N) is 1. The SMILES string of the molecule is O=c1[nH]c2ccc(Cl)cc2cc1-c1nc(-c2ccc(B(O)O)cn2)no1. The van der Waals surface area contributed by atoms with Crippen LogP contribution >= 0.6 is 11.6 Å². The molecule has 0 amide bonds. The van der Waals surface area contributed by atoms with Crippen LogP contribution in [0.4, 0.5) is 0 Å². The van der Waals surface area contributed by atoms with Gasteiger partial charge in [0.2, 0.25) is 5.82 Å². The van der Waals surface area contributed by atoms with Crippen molar-refractivity contribution in [2.24, 2.45) is 0 Å². The lowest BCUT2D eigenvalue weighted by Gasteiger charge is -2.00. The highest BCUT2D eigenvalue weighted by Crippen LogP contribution is 2.22. The lowest BCUT2D eigenvalue weighted by molar-refractivity contribution is 0.425. The van der Waals surface area contributed by atoms with Gasteiger partial charge in [-0.15, -0.1) is 0 Å². The summed E-state index contributed by atoms with van der Waals surface area (Å²) >= 11 is 5.99. The van der Waals surface area contributed by atoms with Gasteiger partial charge in [0, 0.05) is 27.6 Å². The topological polar surface area (TPSA) is 125 Å². The number of hydrogen-bond acceptors (Lipinski definition) is 7. The van der Waals surface area contributed by atoms with E-state index in [0.717, 1.165) is 5.39 Å². The molecule has 8 nitrogen and oxygen atoms in total. The van der Waals surface area contributed by atoms with Crippen LogP contribution in [-0.4, -0.2) is 37.3 Å². The molecule has 0 aliphatic rings. The Morgan fingerprint density at radius 2 is 2.00 bits per heavy atom. The molecule has 26 heavy (non-hydrogen) atoms. The first-order valence-electron chi connectivity index (χ1n) is 7.50. The van der Waals surface area contributed by atoms with Crippen LogP contribution in [-0.2, 0) is 0 Å². The lowest BCUT2D eigenvalue weighted by Crippen LogP contribution is -2.29. The van der Waals surface area contributed by atoms with Crippen molar-refractivity contribution >= 4 is 35.1 Å². The molecule has 128 valence electrons. The maximum Gasteiger partial charge on any atom is 0.490 e. The molecule has 4 aromatic rings. The van der Waals surface area contributed by atoms with E-state index in [-0.39, 0.29) is 28.3 Å². The van der Waals surface area contributed by atoms with Gasteiger partial charge in [-0.05, 0) is 30.3 Å². The number of fused-ring (bicyclic) bond motifs is 1. The Hall–Kier alpha value is -3.01. The molecule has 0 unspecified atom stereocenters. The van der Waals surface area contributed by atoms with Gasteiger partial charge >= 0.3 is 7.12 Å². The van der Waals surface area contributed by atoms with Crippen molar-refractivity contribution in [1.82, 2.24) is 20.1 Å². The zero-order valence-corrected chi connectivity index (χ0v) is 13.8. The van der Waals surface area contributed by atoms with E-state index in [2.05, 4.69) is 20.1 Å². The normalized spacial score (nSPS) is 11.0. The van der Waals surface area contributed by atoms with E-state index >= 15 is 0 Å². The van der Waals surface area contributed by atoms with E-state index in [0.29, 0.717) is 16.2 Å². The van der Waals surface area contributed by atoms with E-state index in [1.807, 2.05) is 0 Å². The third-order valence-electron chi connectivity index (χ3n) is 3.78. The standard InChI is InChI=1S/C16H10BClN4O4/c18-10-2-4-12-8(5-10)6-11(15(23)20-12)16-21-14(22-26-16)13-3-1-9(7-19-13)17(24)25/h1-7,24-25H,(H,20,23). The first-order chi connectivity index (χ1) is 12.5. The average Bonchev–Trinajstić information content (AvgIpc) is 3.11. The summed E-state index contributed by atoms with van der Waals surface area (Å²) in [4.78, 5) is 23.3. The fraction of sp³-hybridized carbons (Fsp3) is 0. The molecule has 0 atom stereocenters. The van der Waals surface area contributed by atoms with E-state index in [4.69, 9.17) is 26.2 Å². The minimum absolute atomic E-state index is 0.0381. The number of nitrogens with zero attached hydrogens (tertiary/aromatic N) is 3. The molecular weight excluding hydrogens is 358 g/mol. The molecule has 0 bridgehead atoms. The summed E-state index contributed by atoms with van der Waals surface area (Å²) < 4.78 is 5.19. The van der Waals surface area contributed by atoms with E-state index in [1.54, 1.807) is 24.3 Å². The molecule has 0 aliphatic heterocycles. The van der Waals surface area contributed by atoms with Gasteiger partial charge in [-0.25, -0.2) is 0 Å². The summed E-state index contributed by atoms with van der Waals surface area (Å²) in [6.07, 6.45) is 1.29. The first kappa shape index (κ1) is 16.5. The number of halogens is 1. The highest BCUT2D eigenvalue weighted by Gasteiger charge is 2.17. The smallest absolute Gasteiger partial charge is 0.423 e. The molecule has 0 spiro atoms. The van der Waals surface area contributed by atoms with E-state index in [9.17, 15) is 4.79 Å². The Morgan fingerprint density at radius 3 is 2.73 bits per heavy atom. The predicted octanol–water partition coefficient (Wildman–Crippen LogP) is 0.973. The zero-order chi connectivity index (χ0) is 18.3. The van der Waals surface area contributed by atoms with Gasteiger partial charge in [0.1, 0.15) is 11.3 Å². The Balaban J connectivity index is 1.75. The van der Waals surface area contributed by atoms with Crippen molar-refractivity contribution in [3.05, 3.63) is 58.0 Å². The second-order valence-electron chi connectivity index (χ2n) is 5.52. The summed E-state index contributed by atoms with van der Waals surface area (Å²) in [7, 11) is -1.61. The summed E-state index contributed by atoms with van der Waals surface area (Å²) in [6, 6.07) is 9.73. The van der Waals surface area contributed by atoms with Crippen molar-refractivity contribution in [3.8, 4) is 23.0 Å². The molecular formula is C16H10BClN4O4. The predicted molar refractivity (Wildman–Crippen MR) is 95.9 cm³/mol. The molecule has 1 aromatic carbocycles. The largest absolute Gasteiger partial charge is 0.490 e. The average molecular weight is 369 g/mol. The van der Waals surface area contributed by atoms with Crippen molar-refractivity contribution in [2.45, 2.75) is 0 Å². The van der Waals surface area contributed by atoms with Gasteiger partial charge in [0.25, 0.3) is 11.4 Å². The van der Waals surface area contributed by atoms with Gasteiger partial charge in [-0.1, -0.05) is 22.8 Å². The number of pyridine rings is 2. The molecule has 3 N–H and O–H groups in total. The molecule has 10 heteroatoms. The van der Waals surface area contributed by atoms with Crippen molar-refractivity contribution < 1.29 is 14.6 Å². The quantitative estimate of drug-likeness (QED) is 0.460. The summed E-state index contributed by atoms with van der Waals surface area (Å²) in [5.41, 5.74) is 1.08. The third-order valence-corrected chi connectivity index (χ3v) is 4.01. The second kappa shape index (κ2) is 6.38. The van der Waals surface area contributed by atoms with Gasteiger partial charge in [0.15, 0.2) is 0 Å². The van der Waals surface area contributed by atoms with Gasteiger partial charge < -0.3 is 19.6 Å². The summed E-state index contributed by atoms with van der Waals surface area (Å²) in [5.74, 6) is 0.209. The van der Waals surface area contributed by atoms with Gasteiger partial charge in [0.05, 0.1) is 0 Å². The molecule has 0 radical (unpaired) electrons. The molecule has 0 aliphatic carbocycles. The van der Waals surface area contributed by atoms with Gasteiger partial charge in [-0.3, -0.25) is 9.78 Å². The second-order valence-corrected chi connectivity index (χ2v) is 5.95. The summed E-state index contributed by atoms with van der Waals surface area (Å²) in [5, 5.41) is 23.3. The number of aromatic nitrogens is 4. The maximum atomic E-state index is 12.3. The molecule has 3 aromatic heterocycles. The van der Waals surface area contributed by atoms with E-state index < -0.39 is 7.12 Å². The molecule has 0 saturated heterocycles. The first-order valence-corrected chi connectivity index (χ1v) is 7.88. The van der Waals surface area contributed by atoms with Crippen molar-refractivity contribution in [1.29, 1.82) is 0 Å². The Bertz CT molecular complexity index is 1160. The minimum Gasteiger partial charge on any atom is -0.423 e. The van der Waals surface area contributed by atoms with Crippen LogP contribution in [0.3, 0.4) is 0 Å². The van der Waals surface area contributed by atoms with Crippen LogP contribution < -0.4 is 11.0 Å². The fourth-order valence-electron chi connectivity index (χ4n) is 2.46. The van der Waals surface area contributed by atoms with Crippen molar-refractivity contribution in [3.63, 3.8) is 0 Å². The highest BCUT2D eigenvalue weighted by atomic mass is 35.5. The molecule has 0 saturated carbocycles. The lowest BCUT2D eigenvalue weighted by atomic mass is 9.82. The number of benzene rings is 1. The third kappa shape index (κ3) is 2.99. The van der Waals surface area contributed by atoms with Crippen LogP contribution in [0.2, 0.25) is 5.02 Å². The zero-order valence-electron chi connectivity index (χ0n) is 13.0. The van der Waals surface area contributed by atoms with Crippen LogP contribution in [0.1, 0.15) is 0 Å². The number of aromatic amines is 1. The minimum atomic E-state index is -1.61. The maximum absolute atomic E-state index is 12.3. The highest BCUT2D eigenvalue weighted by molar-refractivity contribution is 6.58. The van der Waals surface area contributed by atoms with Crippen LogP contribution in [0.5, 0.6) is 0 Å². The monoisotopic (exact) mass is 368 g/mol. The molecule has 3 heterocycles. The van der Waals surface area contributed by atoms with Crippen molar-refractivity contribution in [2.75, 3.05) is 0 Å². The Labute approximate surface area is 151 Å². The fourth-order valence-corrected chi connectivity index (χ4v) is 2.64. The van der Waals surface area contributed by atoms with Crippen LogP contribution in [0, 0.1) is 0 Å². The van der Waals surface area contributed by atoms with Crippen LogP contribution in [0.25, 0.3) is 33.9 Å². The van der Waals surface area contributed by atoms with Gasteiger partial charge in [-0.2, -0.15) is 4.98 Å². The molecule has 4 rings (SSSR count).